The Bertz CT molecular complexity index is 305. The summed E-state index contributed by atoms with van der Waals surface area (Å²) in [7, 11) is 0. The molecule has 2 heteroatoms. The van der Waals surface area contributed by atoms with E-state index in [9.17, 15) is 4.79 Å². The van der Waals surface area contributed by atoms with Crippen LogP contribution in [0.25, 0.3) is 0 Å². The van der Waals surface area contributed by atoms with Crippen molar-refractivity contribution in [1.82, 2.24) is 0 Å². The molecule has 1 aromatic rings. The second-order valence-corrected chi connectivity index (χ2v) is 3.41. The van der Waals surface area contributed by atoms with Gasteiger partial charge in [0, 0.05) is 17.4 Å². The van der Waals surface area contributed by atoms with Crippen molar-refractivity contribution in [3.8, 4) is 0 Å². The molecule has 0 fully saturated rings. The predicted molar refractivity (Wildman–Crippen MR) is 59.8 cm³/mol. The van der Waals surface area contributed by atoms with Gasteiger partial charge in [-0.15, -0.1) is 18.2 Å². The van der Waals surface area contributed by atoms with Gasteiger partial charge < -0.3 is 0 Å². The molecule has 0 saturated carbocycles. The largest absolute Gasteiger partial charge is 0.294 e. The van der Waals surface area contributed by atoms with Crippen LogP contribution in [-0.4, -0.2) is 11.7 Å². The van der Waals surface area contributed by atoms with E-state index in [1.165, 1.54) is 0 Å². The average Bonchev–Trinajstić information content (AvgIpc) is 2.26. The third-order valence-electron chi connectivity index (χ3n) is 2.07. The van der Waals surface area contributed by atoms with Crippen LogP contribution < -0.4 is 0 Å². The Morgan fingerprint density at radius 1 is 1.43 bits per heavy atom. The number of Topliss-reactive ketones (excluding diaryl/α,β-unsaturated/α-hetero) is 1. The summed E-state index contributed by atoms with van der Waals surface area (Å²) in [5.41, 5.74) is 0.722. The third-order valence-corrected chi connectivity index (χ3v) is 2.44. The smallest absolute Gasteiger partial charge is 0.167 e. The van der Waals surface area contributed by atoms with E-state index in [2.05, 4.69) is 6.58 Å². The highest BCUT2D eigenvalue weighted by atomic mass is 35.5. The molecular formula is C12H13ClO. The molecule has 0 radical (unpaired) electrons. The lowest BCUT2D eigenvalue weighted by Gasteiger charge is -2.09. The fraction of sp³-hybridized carbons (Fsp3) is 0.250. The summed E-state index contributed by atoms with van der Waals surface area (Å²) in [6.45, 7) is 3.61. The monoisotopic (exact) mass is 208 g/mol. The first-order valence-corrected chi connectivity index (χ1v) is 5.09. The Kier molecular flexibility index (Phi) is 4.41. The van der Waals surface area contributed by atoms with Gasteiger partial charge in [-0.3, -0.25) is 4.79 Å². The van der Waals surface area contributed by atoms with E-state index >= 15 is 0 Å². The number of rotatable bonds is 5. The molecule has 0 aliphatic rings. The molecule has 1 unspecified atom stereocenters. The van der Waals surface area contributed by atoms with Crippen LogP contribution >= 0.6 is 11.6 Å². The Labute approximate surface area is 89.4 Å². The van der Waals surface area contributed by atoms with E-state index < -0.39 is 0 Å². The lowest BCUT2D eigenvalue weighted by atomic mass is 9.96. The summed E-state index contributed by atoms with van der Waals surface area (Å²) < 4.78 is 0. The van der Waals surface area contributed by atoms with Gasteiger partial charge in [-0.2, -0.15) is 0 Å². The van der Waals surface area contributed by atoms with Gasteiger partial charge in [0.15, 0.2) is 5.78 Å². The molecule has 1 aromatic carbocycles. The molecule has 74 valence electrons. The normalized spacial score (nSPS) is 12.1. The number of carbonyl (C=O) groups excluding carboxylic acids is 1. The Balaban J connectivity index is 2.78. The Morgan fingerprint density at radius 2 is 2.07 bits per heavy atom. The summed E-state index contributed by atoms with van der Waals surface area (Å²) in [5, 5.41) is 0. The van der Waals surface area contributed by atoms with Crippen LogP contribution in [0.5, 0.6) is 0 Å². The van der Waals surface area contributed by atoms with Crippen LogP contribution in [0.1, 0.15) is 16.8 Å². The first kappa shape index (κ1) is 11.0. The van der Waals surface area contributed by atoms with Crippen LogP contribution in [-0.2, 0) is 0 Å². The molecule has 0 amide bonds. The highest BCUT2D eigenvalue weighted by molar-refractivity contribution is 6.20. The first-order chi connectivity index (χ1) is 6.79. The van der Waals surface area contributed by atoms with E-state index in [0.717, 1.165) is 5.56 Å². The molecular weight excluding hydrogens is 196 g/mol. The Morgan fingerprint density at radius 3 is 2.57 bits per heavy atom. The molecule has 1 rings (SSSR count). The van der Waals surface area contributed by atoms with Crippen molar-refractivity contribution in [1.29, 1.82) is 0 Å². The van der Waals surface area contributed by atoms with Gasteiger partial charge in [0.2, 0.25) is 0 Å². The van der Waals surface area contributed by atoms with Crippen LogP contribution in [0.15, 0.2) is 43.0 Å². The summed E-state index contributed by atoms with van der Waals surface area (Å²) in [6.07, 6.45) is 2.37. The van der Waals surface area contributed by atoms with Crippen molar-refractivity contribution in [2.45, 2.75) is 6.42 Å². The topological polar surface area (TPSA) is 17.1 Å². The highest BCUT2D eigenvalue weighted by Gasteiger charge is 2.16. The maximum Gasteiger partial charge on any atom is 0.167 e. The summed E-state index contributed by atoms with van der Waals surface area (Å²) in [5.74, 6) is 0.303. The SMILES string of the molecule is C=CCC(CCl)C(=O)c1ccccc1. The van der Waals surface area contributed by atoms with Gasteiger partial charge in [0.25, 0.3) is 0 Å². The molecule has 0 saturated heterocycles. The van der Waals surface area contributed by atoms with Crippen LogP contribution in [0, 0.1) is 5.92 Å². The van der Waals surface area contributed by atoms with E-state index in [-0.39, 0.29) is 11.7 Å². The zero-order valence-electron chi connectivity index (χ0n) is 7.95. The van der Waals surface area contributed by atoms with Gasteiger partial charge in [-0.25, -0.2) is 0 Å². The van der Waals surface area contributed by atoms with Gasteiger partial charge >= 0.3 is 0 Å². The van der Waals surface area contributed by atoms with Gasteiger partial charge in [0.1, 0.15) is 0 Å². The molecule has 1 atom stereocenters. The molecule has 1 nitrogen and oxygen atoms in total. The van der Waals surface area contributed by atoms with E-state index in [1.807, 2.05) is 30.3 Å². The second kappa shape index (κ2) is 5.61. The Hall–Kier alpha value is -1.08. The molecule has 0 N–H and O–H groups in total. The van der Waals surface area contributed by atoms with Crippen LogP contribution in [0.3, 0.4) is 0 Å². The van der Waals surface area contributed by atoms with Crippen molar-refractivity contribution in [3.63, 3.8) is 0 Å². The van der Waals surface area contributed by atoms with Crippen molar-refractivity contribution in [2.24, 2.45) is 5.92 Å². The number of alkyl halides is 1. The first-order valence-electron chi connectivity index (χ1n) is 4.55. The zero-order chi connectivity index (χ0) is 10.4. The molecule has 0 bridgehead atoms. The zero-order valence-corrected chi connectivity index (χ0v) is 8.70. The van der Waals surface area contributed by atoms with Crippen molar-refractivity contribution >= 4 is 17.4 Å². The van der Waals surface area contributed by atoms with Crippen molar-refractivity contribution < 1.29 is 4.79 Å². The van der Waals surface area contributed by atoms with E-state index in [0.29, 0.717) is 12.3 Å². The lowest BCUT2D eigenvalue weighted by Crippen LogP contribution is -2.15. The minimum atomic E-state index is -0.142. The fourth-order valence-electron chi connectivity index (χ4n) is 1.28. The summed E-state index contributed by atoms with van der Waals surface area (Å²) in [4.78, 5) is 11.8. The van der Waals surface area contributed by atoms with Crippen LogP contribution in [0.4, 0.5) is 0 Å². The minimum absolute atomic E-state index is 0.0977. The number of carbonyl (C=O) groups is 1. The number of hydrogen-bond acceptors (Lipinski definition) is 1. The van der Waals surface area contributed by atoms with E-state index in [4.69, 9.17) is 11.6 Å². The number of allylic oxidation sites excluding steroid dienone is 1. The van der Waals surface area contributed by atoms with Gasteiger partial charge in [-0.05, 0) is 6.42 Å². The molecule has 14 heavy (non-hydrogen) atoms. The van der Waals surface area contributed by atoms with Gasteiger partial charge in [-0.1, -0.05) is 36.4 Å². The average molecular weight is 209 g/mol. The van der Waals surface area contributed by atoms with Crippen molar-refractivity contribution in [3.05, 3.63) is 48.6 Å². The van der Waals surface area contributed by atoms with Crippen LogP contribution in [0.2, 0.25) is 0 Å². The lowest BCUT2D eigenvalue weighted by molar-refractivity contribution is 0.0933. The maximum absolute atomic E-state index is 11.8. The highest BCUT2D eigenvalue weighted by Crippen LogP contribution is 2.14. The number of halogens is 1. The maximum atomic E-state index is 11.8. The van der Waals surface area contributed by atoms with Crippen molar-refractivity contribution in [2.75, 3.05) is 5.88 Å². The second-order valence-electron chi connectivity index (χ2n) is 3.11. The molecule has 0 heterocycles. The summed E-state index contributed by atoms with van der Waals surface area (Å²) >= 11 is 5.72. The number of benzene rings is 1. The molecule has 0 aromatic heterocycles. The minimum Gasteiger partial charge on any atom is -0.294 e. The number of ketones is 1. The number of hydrogen-bond donors (Lipinski definition) is 0. The van der Waals surface area contributed by atoms with Gasteiger partial charge in [0.05, 0.1) is 0 Å². The third kappa shape index (κ3) is 2.71. The van der Waals surface area contributed by atoms with E-state index in [1.54, 1.807) is 6.08 Å². The quantitative estimate of drug-likeness (QED) is 0.412. The fourth-order valence-corrected chi connectivity index (χ4v) is 1.55. The summed E-state index contributed by atoms with van der Waals surface area (Å²) in [6, 6.07) is 9.22. The standard InChI is InChI=1S/C12H13ClO/c1-2-6-11(9-13)12(14)10-7-4-3-5-8-10/h2-5,7-8,11H,1,6,9H2. The molecule has 0 aliphatic heterocycles. The molecule has 0 spiro atoms. The molecule has 0 aliphatic carbocycles. The predicted octanol–water partition coefficient (Wildman–Crippen LogP) is 3.30.